The molecule has 5 aliphatic carbocycles. The van der Waals surface area contributed by atoms with Gasteiger partial charge < -0.3 is 14.6 Å². The topological polar surface area (TPSA) is 107 Å². The van der Waals surface area contributed by atoms with Crippen LogP contribution in [0, 0.1) is 56.2 Å². The Morgan fingerprint density at radius 1 is 0.851 bits per heavy atom. The Morgan fingerprint density at radius 3 is 2.21 bits per heavy atom. The van der Waals surface area contributed by atoms with Gasteiger partial charge in [0.15, 0.2) is 12.4 Å². The Hall–Kier alpha value is -2.96. The molecule has 4 fully saturated rings. The van der Waals surface area contributed by atoms with Crippen LogP contribution in [0.15, 0.2) is 42.0 Å². The summed E-state index contributed by atoms with van der Waals surface area (Å²) in [5.74, 6) is -1.85. The standard InChI is InChI=1S/C40H54O7/c1-35(2)26(33(44)46-24-31(42)43)13-15-38(5)30(35)14-16-40(7)32(38)29(41)21-27-28-22-37(4,18-17-36(28,3)19-20-39(27,40)6)34(45)47-23-25-11-9-8-10-12-25/h8-12,21,26,28,30,32H,13-20,22-24H2,1-7H3,(H,42,43)/t26-,28?,30+,32-,36-,37+,38+,39-,40-/m1/s1. The average molecular weight is 647 g/mol. The SMILES string of the molecule is CC1(C)[C@@H](C(=O)OCC(=O)O)CC[C@]2(C)[C@H]3C(=O)C=C4C5C[C@@](C)(C(=O)OCc6ccccc6)CC[C@]5(C)CC[C@@]4(C)[C@]3(C)CC[C@@H]12. The van der Waals surface area contributed by atoms with Crippen LogP contribution in [-0.2, 0) is 35.3 Å². The Balaban J connectivity index is 1.30. The van der Waals surface area contributed by atoms with E-state index in [9.17, 15) is 19.2 Å². The summed E-state index contributed by atoms with van der Waals surface area (Å²) < 4.78 is 11.1. The lowest BCUT2D eigenvalue weighted by Gasteiger charge is -2.70. The number of aliphatic carboxylic acids is 1. The predicted molar refractivity (Wildman–Crippen MR) is 178 cm³/mol. The minimum absolute atomic E-state index is 0.0332. The van der Waals surface area contributed by atoms with Crippen LogP contribution in [0.4, 0.5) is 0 Å². The van der Waals surface area contributed by atoms with E-state index in [1.165, 1.54) is 5.57 Å². The molecule has 0 amide bonds. The smallest absolute Gasteiger partial charge is 0.341 e. The van der Waals surface area contributed by atoms with Crippen molar-refractivity contribution in [3.05, 3.63) is 47.5 Å². The highest BCUT2D eigenvalue weighted by Crippen LogP contribution is 2.75. The van der Waals surface area contributed by atoms with Crippen LogP contribution >= 0.6 is 0 Å². The number of fused-ring (bicyclic) bond motifs is 7. The lowest BCUT2D eigenvalue weighted by molar-refractivity contribution is -0.200. The van der Waals surface area contributed by atoms with Crippen LogP contribution < -0.4 is 0 Å². The first kappa shape index (κ1) is 33.9. The van der Waals surface area contributed by atoms with E-state index in [0.717, 1.165) is 50.5 Å². The molecule has 0 aliphatic heterocycles. The van der Waals surface area contributed by atoms with E-state index in [2.05, 4.69) is 48.5 Å². The maximum Gasteiger partial charge on any atom is 0.341 e. The Bertz CT molecular complexity index is 1490. The summed E-state index contributed by atoms with van der Waals surface area (Å²) in [4.78, 5) is 52.7. The van der Waals surface area contributed by atoms with E-state index in [4.69, 9.17) is 14.6 Å². The number of rotatable bonds is 6. The van der Waals surface area contributed by atoms with Crippen molar-refractivity contribution in [2.75, 3.05) is 6.61 Å². The van der Waals surface area contributed by atoms with Gasteiger partial charge in [0.25, 0.3) is 0 Å². The van der Waals surface area contributed by atoms with E-state index in [0.29, 0.717) is 12.8 Å². The zero-order valence-corrected chi connectivity index (χ0v) is 29.4. The number of carboxylic acids is 1. The average Bonchev–Trinajstić information content (AvgIpc) is 3.00. The fourth-order valence-corrected chi connectivity index (χ4v) is 11.9. The van der Waals surface area contributed by atoms with Crippen molar-refractivity contribution in [2.24, 2.45) is 56.2 Å². The quantitative estimate of drug-likeness (QED) is 0.313. The molecular formula is C40H54O7. The molecule has 1 aromatic rings. The number of carbonyl (C=O) groups excluding carboxylic acids is 3. The van der Waals surface area contributed by atoms with Gasteiger partial charge in [-0.2, -0.15) is 0 Å². The number of hydrogen-bond acceptors (Lipinski definition) is 6. The highest BCUT2D eigenvalue weighted by molar-refractivity contribution is 5.96. The van der Waals surface area contributed by atoms with Crippen LogP contribution in [0.2, 0.25) is 0 Å². The first-order valence-electron chi connectivity index (χ1n) is 17.8. The third-order valence-corrected chi connectivity index (χ3v) is 14.9. The van der Waals surface area contributed by atoms with E-state index in [1.807, 2.05) is 36.4 Å². The molecule has 6 rings (SSSR count). The van der Waals surface area contributed by atoms with Crippen molar-refractivity contribution in [1.29, 1.82) is 0 Å². The summed E-state index contributed by atoms with van der Waals surface area (Å²) >= 11 is 0. The lowest BCUT2D eigenvalue weighted by atomic mass is 9.33. The number of carboxylic acid groups (broad SMARTS) is 1. The highest BCUT2D eigenvalue weighted by atomic mass is 16.6. The molecule has 0 bridgehead atoms. The van der Waals surface area contributed by atoms with Crippen molar-refractivity contribution in [3.8, 4) is 0 Å². The van der Waals surface area contributed by atoms with Crippen LogP contribution in [0.3, 0.4) is 0 Å². The molecule has 0 heterocycles. The molecule has 0 spiro atoms. The molecule has 1 aromatic carbocycles. The number of hydrogen-bond donors (Lipinski definition) is 1. The van der Waals surface area contributed by atoms with Gasteiger partial charge in [-0.1, -0.05) is 77.4 Å². The van der Waals surface area contributed by atoms with Crippen molar-refractivity contribution in [2.45, 2.75) is 113 Å². The van der Waals surface area contributed by atoms with Crippen LogP contribution in [0.5, 0.6) is 0 Å². The monoisotopic (exact) mass is 646 g/mol. The number of carbonyl (C=O) groups is 4. The molecule has 4 saturated carbocycles. The molecule has 5 aliphatic rings. The van der Waals surface area contributed by atoms with Crippen LogP contribution in [0.1, 0.15) is 112 Å². The van der Waals surface area contributed by atoms with Gasteiger partial charge in [-0.05, 0) is 115 Å². The molecule has 9 atom stereocenters. The first-order valence-corrected chi connectivity index (χ1v) is 17.8. The van der Waals surface area contributed by atoms with Crippen LogP contribution in [0.25, 0.3) is 0 Å². The molecular weight excluding hydrogens is 592 g/mol. The van der Waals surface area contributed by atoms with Gasteiger partial charge in [0, 0.05) is 5.92 Å². The minimum atomic E-state index is -1.15. The largest absolute Gasteiger partial charge is 0.479 e. The zero-order valence-electron chi connectivity index (χ0n) is 29.4. The summed E-state index contributed by atoms with van der Waals surface area (Å²) in [6.07, 6.45) is 9.62. The van der Waals surface area contributed by atoms with E-state index < -0.39 is 35.3 Å². The van der Waals surface area contributed by atoms with Crippen molar-refractivity contribution in [1.82, 2.24) is 0 Å². The molecule has 1 unspecified atom stereocenters. The lowest BCUT2D eigenvalue weighted by Crippen LogP contribution is -2.66. The Labute approximate surface area is 280 Å². The molecule has 1 N–H and O–H groups in total. The number of allylic oxidation sites excluding steroid dienone is 2. The number of ether oxygens (including phenoxy) is 2. The summed E-state index contributed by atoms with van der Waals surface area (Å²) in [6, 6.07) is 9.82. The third-order valence-electron chi connectivity index (χ3n) is 14.9. The number of benzene rings is 1. The molecule has 256 valence electrons. The summed E-state index contributed by atoms with van der Waals surface area (Å²) in [6.45, 7) is 15.4. The molecule has 47 heavy (non-hydrogen) atoms. The van der Waals surface area contributed by atoms with Crippen molar-refractivity contribution in [3.63, 3.8) is 0 Å². The normalized spacial score (nSPS) is 42.0. The Morgan fingerprint density at radius 2 is 1.53 bits per heavy atom. The molecule has 0 radical (unpaired) electrons. The number of esters is 2. The minimum Gasteiger partial charge on any atom is -0.479 e. The fourth-order valence-electron chi connectivity index (χ4n) is 11.9. The first-order chi connectivity index (χ1) is 21.9. The van der Waals surface area contributed by atoms with Crippen LogP contribution in [-0.4, -0.2) is 35.4 Å². The maximum absolute atomic E-state index is 14.7. The number of ketones is 1. The van der Waals surface area contributed by atoms with Gasteiger partial charge >= 0.3 is 17.9 Å². The zero-order chi connectivity index (χ0) is 34.2. The van der Waals surface area contributed by atoms with Gasteiger partial charge in [0.05, 0.1) is 11.3 Å². The van der Waals surface area contributed by atoms with Gasteiger partial charge in [-0.15, -0.1) is 0 Å². The fraction of sp³-hybridized carbons (Fsp3) is 0.700. The van der Waals surface area contributed by atoms with E-state index in [1.54, 1.807) is 0 Å². The third kappa shape index (κ3) is 5.12. The second-order valence-corrected chi connectivity index (χ2v) is 17.7. The molecule has 7 nitrogen and oxygen atoms in total. The highest BCUT2D eigenvalue weighted by Gasteiger charge is 2.70. The summed E-state index contributed by atoms with van der Waals surface area (Å²) in [7, 11) is 0. The van der Waals surface area contributed by atoms with Crippen molar-refractivity contribution < 1.29 is 33.8 Å². The van der Waals surface area contributed by atoms with E-state index >= 15 is 0 Å². The van der Waals surface area contributed by atoms with E-state index in [-0.39, 0.29) is 57.8 Å². The predicted octanol–water partition coefficient (Wildman–Crippen LogP) is 7.95. The van der Waals surface area contributed by atoms with Crippen molar-refractivity contribution >= 4 is 23.7 Å². The van der Waals surface area contributed by atoms with Gasteiger partial charge in [-0.25, -0.2) is 4.79 Å². The molecule has 0 saturated heterocycles. The summed E-state index contributed by atoms with van der Waals surface area (Å²) in [5, 5.41) is 9.09. The summed E-state index contributed by atoms with van der Waals surface area (Å²) in [5.41, 5.74) is 0.479. The van der Waals surface area contributed by atoms with Gasteiger partial charge in [0.1, 0.15) is 6.61 Å². The van der Waals surface area contributed by atoms with Gasteiger partial charge in [-0.3, -0.25) is 14.4 Å². The second-order valence-electron chi connectivity index (χ2n) is 17.7. The Kier molecular flexibility index (Phi) is 8.16. The molecule has 7 heteroatoms. The maximum atomic E-state index is 14.7. The molecule has 0 aromatic heterocycles. The second kappa shape index (κ2) is 11.3. The van der Waals surface area contributed by atoms with Gasteiger partial charge in [0.2, 0.25) is 0 Å².